The zero-order chi connectivity index (χ0) is 13.7. The summed E-state index contributed by atoms with van der Waals surface area (Å²) in [7, 11) is 1.68. The van der Waals surface area contributed by atoms with E-state index in [9.17, 15) is 4.79 Å². The van der Waals surface area contributed by atoms with Gasteiger partial charge in [-0.15, -0.1) is 0 Å². The predicted octanol–water partition coefficient (Wildman–Crippen LogP) is 3.05. The smallest absolute Gasteiger partial charge is 0.150 e. The highest BCUT2D eigenvalue weighted by atomic mass is 35.5. The molecule has 0 unspecified atom stereocenters. The van der Waals surface area contributed by atoms with Gasteiger partial charge in [-0.05, 0) is 18.6 Å². The van der Waals surface area contributed by atoms with Gasteiger partial charge in [0, 0.05) is 37.6 Å². The molecular formula is C14H15ClN2O2. The fraction of sp³-hybridized carbons (Fsp3) is 0.286. The Balaban J connectivity index is 2.26. The van der Waals surface area contributed by atoms with Crippen LogP contribution >= 0.6 is 11.6 Å². The molecular weight excluding hydrogens is 264 g/mol. The monoisotopic (exact) mass is 278 g/mol. The van der Waals surface area contributed by atoms with Crippen LogP contribution in [0.15, 0.2) is 30.5 Å². The Morgan fingerprint density at radius 3 is 2.95 bits per heavy atom. The van der Waals surface area contributed by atoms with E-state index in [1.54, 1.807) is 25.4 Å². The number of methoxy groups -OCH3 is 1. The van der Waals surface area contributed by atoms with Gasteiger partial charge >= 0.3 is 0 Å². The van der Waals surface area contributed by atoms with Crippen molar-refractivity contribution < 1.29 is 9.53 Å². The molecule has 100 valence electrons. The third-order valence-corrected chi connectivity index (χ3v) is 3.15. The molecule has 0 saturated heterocycles. The summed E-state index contributed by atoms with van der Waals surface area (Å²) in [6.45, 7) is 1.46. The maximum Gasteiger partial charge on any atom is 0.150 e. The maximum absolute atomic E-state index is 10.7. The molecule has 5 heteroatoms. The molecule has 1 aromatic carbocycles. The number of halogens is 1. The SMILES string of the molecule is COCCCn1nccc1-c1ccc(C=O)cc1Cl. The van der Waals surface area contributed by atoms with Crippen molar-refractivity contribution in [3.63, 3.8) is 0 Å². The number of carbonyl (C=O) groups is 1. The van der Waals surface area contributed by atoms with Crippen molar-refractivity contribution in [2.45, 2.75) is 13.0 Å². The summed E-state index contributed by atoms with van der Waals surface area (Å²) in [5.41, 5.74) is 2.39. The van der Waals surface area contributed by atoms with Gasteiger partial charge in [0.2, 0.25) is 0 Å². The molecule has 1 aromatic heterocycles. The Morgan fingerprint density at radius 1 is 1.42 bits per heavy atom. The van der Waals surface area contributed by atoms with Crippen molar-refractivity contribution in [1.82, 2.24) is 9.78 Å². The number of carbonyl (C=O) groups excluding carboxylic acids is 1. The van der Waals surface area contributed by atoms with Crippen LogP contribution in [0.25, 0.3) is 11.3 Å². The lowest BCUT2D eigenvalue weighted by Crippen LogP contribution is -2.05. The van der Waals surface area contributed by atoms with E-state index in [0.717, 1.165) is 30.5 Å². The Bertz CT molecular complexity index is 566. The van der Waals surface area contributed by atoms with Gasteiger partial charge in [0.25, 0.3) is 0 Å². The summed E-state index contributed by atoms with van der Waals surface area (Å²) in [6, 6.07) is 7.17. The molecule has 0 N–H and O–H groups in total. The first-order chi connectivity index (χ1) is 9.26. The zero-order valence-electron chi connectivity index (χ0n) is 10.7. The first-order valence-corrected chi connectivity index (χ1v) is 6.40. The van der Waals surface area contributed by atoms with Gasteiger partial charge in [-0.3, -0.25) is 9.48 Å². The van der Waals surface area contributed by atoms with Gasteiger partial charge < -0.3 is 4.74 Å². The molecule has 2 aromatic rings. The van der Waals surface area contributed by atoms with E-state index < -0.39 is 0 Å². The highest BCUT2D eigenvalue weighted by Crippen LogP contribution is 2.28. The molecule has 0 saturated carbocycles. The van der Waals surface area contributed by atoms with Crippen LogP contribution in [0.3, 0.4) is 0 Å². The van der Waals surface area contributed by atoms with Gasteiger partial charge in [-0.25, -0.2) is 0 Å². The summed E-state index contributed by atoms with van der Waals surface area (Å²) in [5.74, 6) is 0. The standard InChI is InChI=1S/C14H15ClN2O2/c1-19-8-2-7-17-14(5-6-16-17)12-4-3-11(10-18)9-13(12)15/h3-6,9-10H,2,7-8H2,1H3. The van der Waals surface area contributed by atoms with Gasteiger partial charge in [0.05, 0.1) is 10.7 Å². The average Bonchev–Trinajstić information content (AvgIpc) is 2.87. The van der Waals surface area contributed by atoms with E-state index in [-0.39, 0.29) is 0 Å². The highest BCUT2D eigenvalue weighted by molar-refractivity contribution is 6.33. The third-order valence-electron chi connectivity index (χ3n) is 2.84. The second-order valence-corrected chi connectivity index (χ2v) is 4.55. The molecule has 4 nitrogen and oxygen atoms in total. The lowest BCUT2D eigenvalue weighted by Gasteiger charge is -2.09. The number of nitrogens with zero attached hydrogens (tertiary/aromatic N) is 2. The van der Waals surface area contributed by atoms with Crippen molar-refractivity contribution in [1.29, 1.82) is 0 Å². The van der Waals surface area contributed by atoms with Crippen LogP contribution in [0.1, 0.15) is 16.8 Å². The van der Waals surface area contributed by atoms with Crippen molar-refractivity contribution in [3.8, 4) is 11.3 Å². The van der Waals surface area contributed by atoms with Gasteiger partial charge in [0.15, 0.2) is 0 Å². The summed E-state index contributed by atoms with van der Waals surface area (Å²) in [6.07, 6.45) is 3.41. The van der Waals surface area contributed by atoms with Gasteiger partial charge in [-0.1, -0.05) is 23.7 Å². The van der Waals surface area contributed by atoms with E-state index in [2.05, 4.69) is 5.10 Å². The minimum absolute atomic E-state index is 0.554. The van der Waals surface area contributed by atoms with Crippen LogP contribution in [0, 0.1) is 0 Å². The zero-order valence-corrected chi connectivity index (χ0v) is 11.4. The van der Waals surface area contributed by atoms with E-state index in [1.165, 1.54) is 0 Å². The van der Waals surface area contributed by atoms with Gasteiger partial charge in [0.1, 0.15) is 6.29 Å². The van der Waals surface area contributed by atoms with Crippen LogP contribution in [-0.2, 0) is 11.3 Å². The van der Waals surface area contributed by atoms with Crippen molar-refractivity contribution in [2.75, 3.05) is 13.7 Å². The molecule has 0 aliphatic heterocycles. The normalized spacial score (nSPS) is 10.6. The first-order valence-electron chi connectivity index (χ1n) is 6.02. The van der Waals surface area contributed by atoms with Crippen molar-refractivity contribution >= 4 is 17.9 Å². The van der Waals surface area contributed by atoms with Crippen LogP contribution in [-0.4, -0.2) is 29.8 Å². The van der Waals surface area contributed by atoms with Crippen LogP contribution in [0.5, 0.6) is 0 Å². The highest BCUT2D eigenvalue weighted by Gasteiger charge is 2.09. The van der Waals surface area contributed by atoms with E-state index in [1.807, 2.05) is 16.8 Å². The topological polar surface area (TPSA) is 44.1 Å². The van der Waals surface area contributed by atoms with E-state index in [4.69, 9.17) is 16.3 Å². The largest absolute Gasteiger partial charge is 0.385 e. The summed E-state index contributed by atoms with van der Waals surface area (Å²) in [4.78, 5) is 10.7. The number of aldehydes is 1. The van der Waals surface area contributed by atoms with Crippen LogP contribution in [0.4, 0.5) is 0 Å². The number of hydrogen-bond donors (Lipinski definition) is 0. The number of rotatable bonds is 6. The number of hydrogen-bond acceptors (Lipinski definition) is 3. The minimum atomic E-state index is 0.554. The lowest BCUT2D eigenvalue weighted by molar-refractivity contribution is 0.112. The molecule has 1 heterocycles. The Hall–Kier alpha value is -1.65. The molecule has 0 fully saturated rings. The van der Waals surface area contributed by atoms with E-state index in [0.29, 0.717) is 17.2 Å². The number of aromatic nitrogens is 2. The Kier molecular flexibility index (Phi) is 4.71. The maximum atomic E-state index is 10.7. The number of aryl methyl sites for hydroxylation is 1. The quantitative estimate of drug-likeness (QED) is 0.602. The molecule has 0 atom stereocenters. The molecule has 2 rings (SSSR count). The molecule has 0 spiro atoms. The Morgan fingerprint density at radius 2 is 2.26 bits per heavy atom. The summed E-state index contributed by atoms with van der Waals surface area (Å²) < 4.78 is 6.92. The fourth-order valence-corrected chi connectivity index (χ4v) is 2.20. The van der Waals surface area contributed by atoms with Crippen molar-refractivity contribution in [3.05, 3.63) is 41.0 Å². The average molecular weight is 279 g/mol. The van der Waals surface area contributed by atoms with Crippen LogP contribution in [0.2, 0.25) is 5.02 Å². The first kappa shape index (κ1) is 13.8. The van der Waals surface area contributed by atoms with Crippen LogP contribution < -0.4 is 0 Å². The lowest BCUT2D eigenvalue weighted by atomic mass is 10.1. The van der Waals surface area contributed by atoms with E-state index >= 15 is 0 Å². The molecule has 0 amide bonds. The molecule has 0 aliphatic carbocycles. The van der Waals surface area contributed by atoms with Gasteiger partial charge in [-0.2, -0.15) is 5.10 Å². The number of benzene rings is 1. The Labute approximate surface area is 116 Å². The molecule has 0 aliphatic rings. The molecule has 0 radical (unpaired) electrons. The molecule has 0 bridgehead atoms. The molecule has 19 heavy (non-hydrogen) atoms. The second kappa shape index (κ2) is 6.50. The number of ether oxygens (including phenoxy) is 1. The summed E-state index contributed by atoms with van der Waals surface area (Å²) in [5, 5.41) is 4.83. The fourth-order valence-electron chi connectivity index (χ4n) is 1.91. The predicted molar refractivity (Wildman–Crippen MR) is 74.6 cm³/mol. The summed E-state index contributed by atoms with van der Waals surface area (Å²) >= 11 is 6.21. The second-order valence-electron chi connectivity index (χ2n) is 4.14. The minimum Gasteiger partial charge on any atom is -0.385 e. The third kappa shape index (κ3) is 3.22. The van der Waals surface area contributed by atoms with Crippen molar-refractivity contribution in [2.24, 2.45) is 0 Å².